The molecule has 0 unspecified atom stereocenters. The average Bonchev–Trinajstić information content (AvgIpc) is 3.39. The first kappa shape index (κ1) is 18.2. The second kappa shape index (κ2) is 7.84. The number of hydrogen-bond donors (Lipinski definition) is 1. The van der Waals surface area contributed by atoms with E-state index in [4.69, 9.17) is 4.98 Å². The summed E-state index contributed by atoms with van der Waals surface area (Å²) in [5.74, 6) is 3.23. The molecule has 0 bridgehead atoms. The van der Waals surface area contributed by atoms with E-state index in [1.54, 1.807) is 0 Å². The zero-order chi connectivity index (χ0) is 18.8. The number of nitrogens with one attached hydrogen (secondary N) is 1. The van der Waals surface area contributed by atoms with Gasteiger partial charge in [-0.25, -0.2) is 4.98 Å². The topological polar surface area (TPSA) is 64.2 Å². The van der Waals surface area contributed by atoms with Gasteiger partial charge in [0.15, 0.2) is 5.82 Å². The number of aromatic nitrogens is 4. The average molecular weight is 370 g/mol. The number of likely N-dealkylation sites (tertiary alicyclic amines) is 1. The highest BCUT2D eigenvalue weighted by molar-refractivity contribution is 5.56. The van der Waals surface area contributed by atoms with Gasteiger partial charge in [-0.2, -0.15) is 10.1 Å². The maximum Gasteiger partial charge on any atom is 0.227 e. The highest BCUT2D eigenvalue weighted by atomic mass is 15.3. The minimum absolute atomic E-state index is 0.501. The molecule has 0 amide bonds. The highest BCUT2D eigenvalue weighted by Gasteiger charge is 2.23. The summed E-state index contributed by atoms with van der Waals surface area (Å²) in [5.41, 5.74) is 1.26. The van der Waals surface area contributed by atoms with Gasteiger partial charge in [0, 0.05) is 44.0 Å². The summed E-state index contributed by atoms with van der Waals surface area (Å²) in [7, 11) is 6.32. The third-order valence-corrected chi connectivity index (χ3v) is 6.25. The Morgan fingerprint density at radius 1 is 1.07 bits per heavy atom. The summed E-state index contributed by atoms with van der Waals surface area (Å²) >= 11 is 0. The summed E-state index contributed by atoms with van der Waals surface area (Å²) in [6.07, 6.45) is 9.35. The Morgan fingerprint density at radius 3 is 2.56 bits per heavy atom. The Kier molecular flexibility index (Phi) is 5.29. The largest absolute Gasteiger partial charge is 0.341 e. The van der Waals surface area contributed by atoms with Crippen LogP contribution in [0.25, 0.3) is 0 Å². The first-order valence-corrected chi connectivity index (χ1v) is 10.2. The SMILES string of the molecule is CN1CCC(N(C)c2nccc(N(C)c3cc(C4CCCC4)[nH]n3)n2)CC1. The minimum atomic E-state index is 0.501. The Hall–Kier alpha value is -2.15. The fraction of sp³-hybridized carbons (Fsp3) is 0.650. The number of H-pyrrole nitrogens is 1. The van der Waals surface area contributed by atoms with E-state index in [2.05, 4.69) is 45.1 Å². The molecule has 0 radical (unpaired) electrons. The molecule has 2 aromatic heterocycles. The second-order valence-electron chi connectivity index (χ2n) is 8.08. The molecule has 1 aliphatic heterocycles. The van der Waals surface area contributed by atoms with Gasteiger partial charge >= 0.3 is 0 Å². The Balaban J connectivity index is 1.48. The summed E-state index contributed by atoms with van der Waals surface area (Å²) in [4.78, 5) is 16.0. The van der Waals surface area contributed by atoms with Gasteiger partial charge in [-0.15, -0.1) is 0 Å². The molecule has 27 heavy (non-hydrogen) atoms. The Bertz CT molecular complexity index is 744. The van der Waals surface area contributed by atoms with Gasteiger partial charge in [-0.05, 0) is 51.9 Å². The van der Waals surface area contributed by atoms with Crippen LogP contribution in [0.15, 0.2) is 18.3 Å². The smallest absolute Gasteiger partial charge is 0.227 e. The van der Waals surface area contributed by atoms with Crippen LogP contribution in [0.5, 0.6) is 0 Å². The molecule has 3 heterocycles. The first-order chi connectivity index (χ1) is 13.1. The lowest BCUT2D eigenvalue weighted by molar-refractivity contribution is 0.252. The van der Waals surface area contributed by atoms with Crippen molar-refractivity contribution >= 4 is 17.6 Å². The van der Waals surface area contributed by atoms with Gasteiger partial charge in [0.25, 0.3) is 0 Å². The Morgan fingerprint density at radius 2 is 1.81 bits per heavy atom. The van der Waals surface area contributed by atoms with Gasteiger partial charge in [0.05, 0.1) is 0 Å². The summed E-state index contributed by atoms with van der Waals surface area (Å²) in [6.45, 7) is 2.26. The molecule has 2 aliphatic rings. The van der Waals surface area contributed by atoms with E-state index in [9.17, 15) is 0 Å². The quantitative estimate of drug-likeness (QED) is 0.873. The number of anilines is 3. The lowest BCUT2D eigenvalue weighted by Gasteiger charge is -2.35. The molecule has 1 aliphatic carbocycles. The lowest BCUT2D eigenvalue weighted by atomic mass is 10.0. The molecule has 146 valence electrons. The van der Waals surface area contributed by atoms with Crippen molar-refractivity contribution in [2.45, 2.75) is 50.5 Å². The van der Waals surface area contributed by atoms with Crippen molar-refractivity contribution in [1.82, 2.24) is 25.1 Å². The van der Waals surface area contributed by atoms with Crippen LogP contribution in [0.1, 0.15) is 50.1 Å². The first-order valence-electron chi connectivity index (χ1n) is 10.2. The van der Waals surface area contributed by atoms with Crippen molar-refractivity contribution in [1.29, 1.82) is 0 Å². The standard InChI is InChI=1S/C20H31N7/c1-25-12-9-16(10-13-25)26(2)20-21-11-8-18(22-20)27(3)19-14-17(23-24-19)15-6-4-5-7-15/h8,11,14-16H,4-7,9-10,12-13H2,1-3H3,(H,23,24). The normalized spacial score (nSPS) is 19.5. The predicted octanol–water partition coefficient (Wildman–Crippen LogP) is 3.16. The highest BCUT2D eigenvalue weighted by Crippen LogP contribution is 2.34. The number of rotatable bonds is 5. The molecular weight excluding hydrogens is 338 g/mol. The van der Waals surface area contributed by atoms with Crippen molar-refractivity contribution in [2.24, 2.45) is 0 Å². The van der Waals surface area contributed by atoms with E-state index in [0.29, 0.717) is 12.0 Å². The molecule has 1 saturated heterocycles. The van der Waals surface area contributed by atoms with Crippen molar-refractivity contribution in [3.63, 3.8) is 0 Å². The van der Waals surface area contributed by atoms with E-state index in [1.165, 1.54) is 31.4 Å². The molecule has 4 rings (SSSR count). The van der Waals surface area contributed by atoms with E-state index >= 15 is 0 Å². The number of piperidine rings is 1. The molecule has 0 spiro atoms. The number of nitrogens with zero attached hydrogens (tertiary/aromatic N) is 6. The fourth-order valence-corrected chi connectivity index (χ4v) is 4.30. The Labute approximate surface area is 161 Å². The van der Waals surface area contributed by atoms with Gasteiger partial charge < -0.3 is 14.7 Å². The zero-order valence-corrected chi connectivity index (χ0v) is 16.7. The van der Waals surface area contributed by atoms with E-state index in [0.717, 1.165) is 43.5 Å². The molecule has 0 aromatic carbocycles. The summed E-state index contributed by atoms with van der Waals surface area (Å²) in [6, 6.07) is 4.63. The van der Waals surface area contributed by atoms with Crippen LogP contribution in [0, 0.1) is 0 Å². The van der Waals surface area contributed by atoms with Crippen LogP contribution < -0.4 is 9.80 Å². The maximum absolute atomic E-state index is 4.82. The van der Waals surface area contributed by atoms with Gasteiger partial charge in [-0.1, -0.05) is 12.8 Å². The molecule has 7 heteroatoms. The number of hydrogen-bond acceptors (Lipinski definition) is 6. The molecular formula is C20H31N7. The van der Waals surface area contributed by atoms with Gasteiger partial charge in [0.1, 0.15) is 5.82 Å². The van der Waals surface area contributed by atoms with Crippen LogP contribution in [-0.2, 0) is 0 Å². The van der Waals surface area contributed by atoms with Crippen molar-refractivity contribution in [3.05, 3.63) is 24.0 Å². The third-order valence-electron chi connectivity index (χ3n) is 6.25. The van der Waals surface area contributed by atoms with Gasteiger partial charge in [-0.3, -0.25) is 5.10 Å². The third kappa shape index (κ3) is 3.93. The van der Waals surface area contributed by atoms with Crippen molar-refractivity contribution in [2.75, 3.05) is 44.0 Å². The molecule has 7 nitrogen and oxygen atoms in total. The van der Waals surface area contributed by atoms with E-state index < -0.39 is 0 Å². The predicted molar refractivity (Wildman–Crippen MR) is 109 cm³/mol. The van der Waals surface area contributed by atoms with Crippen molar-refractivity contribution < 1.29 is 0 Å². The molecule has 2 fully saturated rings. The molecule has 1 saturated carbocycles. The van der Waals surface area contributed by atoms with Crippen LogP contribution in [0.2, 0.25) is 0 Å². The molecule has 1 N–H and O–H groups in total. The summed E-state index contributed by atoms with van der Waals surface area (Å²) in [5, 5.41) is 7.77. The van der Waals surface area contributed by atoms with Crippen LogP contribution >= 0.6 is 0 Å². The molecule has 2 aromatic rings. The maximum atomic E-state index is 4.82. The van der Waals surface area contributed by atoms with Gasteiger partial charge in [0.2, 0.25) is 5.95 Å². The zero-order valence-electron chi connectivity index (χ0n) is 16.7. The second-order valence-corrected chi connectivity index (χ2v) is 8.08. The fourth-order valence-electron chi connectivity index (χ4n) is 4.30. The monoisotopic (exact) mass is 369 g/mol. The molecule has 0 atom stereocenters. The lowest BCUT2D eigenvalue weighted by Crippen LogP contribution is -2.42. The van der Waals surface area contributed by atoms with Crippen LogP contribution in [0.4, 0.5) is 17.6 Å². The van der Waals surface area contributed by atoms with E-state index in [1.807, 2.05) is 24.2 Å². The van der Waals surface area contributed by atoms with Crippen LogP contribution in [0.3, 0.4) is 0 Å². The van der Waals surface area contributed by atoms with Crippen LogP contribution in [-0.4, -0.2) is 65.3 Å². The summed E-state index contributed by atoms with van der Waals surface area (Å²) < 4.78 is 0. The van der Waals surface area contributed by atoms with Crippen molar-refractivity contribution in [3.8, 4) is 0 Å². The van der Waals surface area contributed by atoms with E-state index in [-0.39, 0.29) is 0 Å². The minimum Gasteiger partial charge on any atom is -0.341 e. The number of aromatic amines is 1.